The van der Waals surface area contributed by atoms with Gasteiger partial charge >= 0.3 is 12.1 Å². The lowest BCUT2D eigenvalue weighted by molar-refractivity contribution is -0.146. The number of aromatic nitrogens is 3. The molecule has 1 aromatic heterocycles. The summed E-state index contributed by atoms with van der Waals surface area (Å²) in [5.41, 5.74) is 3.41. The van der Waals surface area contributed by atoms with Gasteiger partial charge in [-0.15, -0.1) is 0 Å². The Labute approximate surface area is 197 Å². The number of hydrogen-bond acceptors (Lipinski definition) is 7. The number of ether oxygens (including phenoxy) is 2. The standard InChI is InChI=1S/C25H28N4O5/c1-3-34-24(31)21(27-25(32)33-2)14-18(15-23(30)22-16-26-29-28-22)13-17-9-11-20(12-10-17)19-7-5-4-6-8-19/h4-12,16,18,21H,3,13-15H2,1-2H3,(H,27,32)(H,26,28,29)/t18-,21-/m1/s1. The number of nitrogens with one attached hydrogen (secondary N) is 2. The average Bonchev–Trinajstić information content (AvgIpc) is 3.40. The lowest BCUT2D eigenvalue weighted by Crippen LogP contribution is -2.43. The summed E-state index contributed by atoms with van der Waals surface area (Å²) in [5, 5.41) is 12.5. The highest BCUT2D eigenvalue weighted by molar-refractivity contribution is 5.94. The van der Waals surface area contributed by atoms with Gasteiger partial charge in [0.2, 0.25) is 0 Å². The minimum atomic E-state index is -0.953. The molecule has 0 fully saturated rings. The number of carbonyl (C=O) groups excluding carboxylic acids is 3. The quantitative estimate of drug-likeness (QED) is 0.328. The molecule has 9 nitrogen and oxygen atoms in total. The number of benzene rings is 2. The zero-order chi connectivity index (χ0) is 24.3. The van der Waals surface area contributed by atoms with Crippen molar-refractivity contribution in [3.63, 3.8) is 0 Å². The monoisotopic (exact) mass is 464 g/mol. The third-order valence-corrected chi connectivity index (χ3v) is 5.38. The van der Waals surface area contributed by atoms with Crippen molar-refractivity contribution in [2.75, 3.05) is 13.7 Å². The number of amides is 1. The molecular weight excluding hydrogens is 436 g/mol. The van der Waals surface area contributed by atoms with E-state index in [1.807, 2.05) is 54.6 Å². The first-order chi connectivity index (χ1) is 16.5. The van der Waals surface area contributed by atoms with Gasteiger partial charge in [-0.3, -0.25) is 4.79 Å². The second-order valence-corrected chi connectivity index (χ2v) is 7.79. The normalized spacial score (nSPS) is 12.4. The van der Waals surface area contributed by atoms with Crippen LogP contribution in [0.15, 0.2) is 60.8 Å². The maximum atomic E-state index is 12.8. The largest absolute Gasteiger partial charge is 0.464 e. The molecular formula is C25H28N4O5. The van der Waals surface area contributed by atoms with Gasteiger partial charge in [0, 0.05) is 6.42 Å². The molecule has 0 aliphatic rings. The SMILES string of the molecule is CCOC(=O)[C@@H](C[C@H](CC(=O)c1cn[nH]n1)Cc1ccc(-c2ccccc2)cc1)NC(=O)OC. The van der Waals surface area contributed by atoms with Crippen molar-refractivity contribution >= 4 is 17.8 Å². The Morgan fingerprint density at radius 1 is 1.03 bits per heavy atom. The smallest absolute Gasteiger partial charge is 0.407 e. The highest BCUT2D eigenvalue weighted by atomic mass is 16.5. The molecule has 0 bridgehead atoms. The van der Waals surface area contributed by atoms with Crippen LogP contribution in [0.4, 0.5) is 4.79 Å². The zero-order valence-corrected chi connectivity index (χ0v) is 19.2. The van der Waals surface area contributed by atoms with Gasteiger partial charge in [0.25, 0.3) is 0 Å². The number of ketones is 1. The fourth-order valence-electron chi connectivity index (χ4n) is 3.73. The van der Waals surface area contributed by atoms with Crippen LogP contribution in [0.2, 0.25) is 0 Å². The first-order valence-corrected chi connectivity index (χ1v) is 11.0. The van der Waals surface area contributed by atoms with Crippen molar-refractivity contribution in [3.05, 3.63) is 72.1 Å². The van der Waals surface area contributed by atoms with Crippen LogP contribution in [0, 0.1) is 5.92 Å². The van der Waals surface area contributed by atoms with Crippen LogP contribution in [0.1, 0.15) is 35.8 Å². The van der Waals surface area contributed by atoms with Gasteiger partial charge in [-0.1, -0.05) is 54.6 Å². The number of nitrogens with zero attached hydrogens (tertiary/aromatic N) is 2. The van der Waals surface area contributed by atoms with Crippen LogP contribution in [0.5, 0.6) is 0 Å². The molecule has 3 rings (SSSR count). The molecule has 0 saturated carbocycles. The molecule has 1 amide bonds. The lowest BCUT2D eigenvalue weighted by atomic mass is 9.87. The number of esters is 1. The molecule has 0 unspecified atom stereocenters. The maximum absolute atomic E-state index is 12.8. The van der Waals surface area contributed by atoms with Gasteiger partial charge in [0.05, 0.1) is 19.9 Å². The molecule has 2 aromatic carbocycles. The minimum Gasteiger partial charge on any atom is -0.464 e. The van der Waals surface area contributed by atoms with Crippen molar-refractivity contribution < 1.29 is 23.9 Å². The minimum absolute atomic E-state index is 0.117. The first kappa shape index (κ1) is 24.6. The van der Waals surface area contributed by atoms with Gasteiger partial charge in [-0.25, -0.2) is 9.59 Å². The van der Waals surface area contributed by atoms with Gasteiger partial charge in [-0.05, 0) is 42.4 Å². The molecule has 3 aromatic rings. The Bertz CT molecular complexity index is 1070. The summed E-state index contributed by atoms with van der Waals surface area (Å²) in [6.45, 7) is 1.86. The molecule has 178 valence electrons. The molecule has 0 radical (unpaired) electrons. The van der Waals surface area contributed by atoms with Crippen molar-refractivity contribution in [1.29, 1.82) is 0 Å². The first-order valence-electron chi connectivity index (χ1n) is 11.0. The van der Waals surface area contributed by atoms with Crippen molar-refractivity contribution in [1.82, 2.24) is 20.7 Å². The van der Waals surface area contributed by atoms with E-state index in [1.54, 1.807) is 6.92 Å². The predicted octanol–water partition coefficient (Wildman–Crippen LogP) is 3.58. The van der Waals surface area contributed by atoms with Crippen LogP contribution >= 0.6 is 0 Å². The van der Waals surface area contributed by atoms with E-state index in [4.69, 9.17) is 4.74 Å². The molecule has 0 saturated heterocycles. The predicted molar refractivity (Wildman–Crippen MR) is 125 cm³/mol. The molecule has 0 aliphatic heterocycles. The summed E-state index contributed by atoms with van der Waals surface area (Å²) in [5.74, 6) is -1.06. The topological polar surface area (TPSA) is 123 Å². The van der Waals surface area contributed by atoms with E-state index in [2.05, 4.69) is 25.5 Å². The molecule has 2 N–H and O–H groups in total. The summed E-state index contributed by atoms with van der Waals surface area (Å²) >= 11 is 0. The number of rotatable bonds is 11. The van der Waals surface area contributed by atoms with Gasteiger partial charge in [0.1, 0.15) is 11.7 Å². The number of aromatic amines is 1. The summed E-state index contributed by atoms with van der Waals surface area (Å²) in [6.07, 6.45) is 1.44. The molecule has 9 heteroatoms. The Morgan fingerprint density at radius 2 is 1.74 bits per heavy atom. The highest BCUT2D eigenvalue weighted by Gasteiger charge is 2.28. The second kappa shape index (κ2) is 12.3. The molecule has 0 spiro atoms. The summed E-state index contributed by atoms with van der Waals surface area (Å²) in [4.78, 5) is 37.1. The number of methoxy groups -OCH3 is 1. The number of alkyl carbamates (subject to hydrolysis) is 1. The number of Topliss-reactive ketones (excluding diaryl/α,β-unsaturated/α-hetero) is 1. The van der Waals surface area contributed by atoms with Crippen LogP contribution < -0.4 is 5.32 Å². The van der Waals surface area contributed by atoms with E-state index in [-0.39, 0.29) is 36.8 Å². The highest BCUT2D eigenvalue weighted by Crippen LogP contribution is 2.24. The van der Waals surface area contributed by atoms with E-state index in [0.29, 0.717) is 6.42 Å². The van der Waals surface area contributed by atoms with Gasteiger partial charge in [-0.2, -0.15) is 15.4 Å². The third-order valence-electron chi connectivity index (χ3n) is 5.38. The second-order valence-electron chi connectivity index (χ2n) is 7.79. The van der Waals surface area contributed by atoms with Gasteiger partial charge < -0.3 is 14.8 Å². The Hall–Kier alpha value is -4.01. The van der Waals surface area contributed by atoms with Crippen molar-refractivity contribution in [3.8, 4) is 11.1 Å². The number of H-pyrrole nitrogens is 1. The van der Waals surface area contributed by atoms with E-state index in [0.717, 1.165) is 16.7 Å². The Morgan fingerprint density at radius 3 is 2.35 bits per heavy atom. The number of hydrogen-bond donors (Lipinski definition) is 2. The van der Waals surface area contributed by atoms with Crippen molar-refractivity contribution in [2.45, 2.75) is 32.2 Å². The number of carbonyl (C=O) groups is 3. The van der Waals surface area contributed by atoms with Crippen LogP contribution in [-0.2, 0) is 20.7 Å². The molecule has 0 aliphatic carbocycles. The van der Waals surface area contributed by atoms with E-state index in [1.165, 1.54) is 13.3 Å². The fourth-order valence-corrected chi connectivity index (χ4v) is 3.73. The van der Waals surface area contributed by atoms with E-state index >= 15 is 0 Å². The average molecular weight is 465 g/mol. The van der Waals surface area contributed by atoms with Crippen LogP contribution in [-0.4, -0.2) is 53.0 Å². The molecule has 1 heterocycles. The van der Waals surface area contributed by atoms with E-state index < -0.39 is 18.1 Å². The van der Waals surface area contributed by atoms with Gasteiger partial charge in [0.15, 0.2) is 5.78 Å². The van der Waals surface area contributed by atoms with Crippen molar-refractivity contribution in [2.24, 2.45) is 5.92 Å². The summed E-state index contributed by atoms with van der Waals surface area (Å²) in [7, 11) is 1.22. The third kappa shape index (κ3) is 6.99. The maximum Gasteiger partial charge on any atom is 0.407 e. The fraction of sp³-hybridized carbons (Fsp3) is 0.320. The van der Waals surface area contributed by atoms with Crippen LogP contribution in [0.3, 0.4) is 0 Å². The summed E-state index contributed by atoms with van der Waals surface area (Å²) < 4.78 is 9.78. The lowest BCUT2D eigenvalue weighted by Gasteiger charge is -2.22. The van der Waals surface area contributed by atoms with Crippen LogP contribution in [0.25, 0.3) is 11.1 Å². The summed E-state index contributed by atoms with van der Waals surface area (Å²) in [6, 6.07) is 17.1. The van der Waals surface area contributed by atoms with E-state index in [9.17, 15) is 14.4 Å². The Kier molecular flexibility index (Phi) is 8.90. The molecule has 2 atom stereocenters. The molecule has 34 heavy (non-hydrogen) atoms. The zero-order valence-electron chi connectivity index (χ0n) is 19.2. The Balaban J connectivity index is 1.79.